The van der Waals surface area contributed by atoms with Crippen LogP contribution >= 0.6 is 15.9 Å². The number of nitrogens with one attached hydrogen (secondary N) is 1. The molecule has 32 heavy (non-hydrogen) atoms. The molecule has 8 heteroatoms. The molecule has 0 aliphatic heterocycles. The largest absolute Gasteiger partial charge is 0.451 e. The molecule has 0 atom stereocenters. The normalized spacial score (nSPS) is 10.5. The van der Waals surface area contributed by atoms with Gasteiger partial charge in [0.15, 0.2) is 11.5 Å². The van der Waals surface area contributed by atoms with Crippen molar-refractivity contribution in [2.75, 3.05) is 5.32 Å². The number of carbonyl (C=O) groups excluding carboxylic acids is 2. The molecule has 0 bridgehead atoms. The molecule has 1 heterocycles. The monoisotopic (exact) mass is 490 g/mol. The molecule has 0 aliphatic rings. The predicted molar refractivity (Wildman–Crippen MR) is 123 cm³/mol. The molecular weight excluding hydrogens is 476 g/mol. The number of rotatable bonds is 6. The molecule has 4 rings (SSSR count). The van der Waals surface area contributed by atoms with Crippen LogP contribution in [-0.2, 0) is 0 Å². The van der Waals surface area contributed by atoms with Crippen molar-refractivity contribution in [3.63, 3.8) is 0 Å². The maximum Gasteiger partial charge on any atom is 0.291 e. The molecule has 1 amide bonds. The molecule has 0 fully saturated rings. The third-order valence-corrected chi connectivity index (χ3v) is 5.20. The van der Waals surface area contributed by atoms with E-state index in [1.165, 1.54) is 18.2 Å². The zero-order valence-corrected chi connectivity index (χ0v) is 18.0. The molecule has 0 aliphatic carbocycles. The summed E-state index contributed by atoms with van der Waals surface area (Å²) in [5.41, 5.74) is 1.74. The van der Waals surface area contributed by atoms with Gasteiger partial charge in [-0.05, 0) is 42.5 Å². The first-order valence-electron chi connectivity index (χ1n) is 9.48. The third-order valence-electron chi connectivity index (χ3n) is 4.70. The summed E-state index contributed by atoms with van der Waals surface area (Å²) in [4.78, 5) is 36.1. The van der Waals surface area contributed by atoms with E-state index in [2.05, 4.69) is 21.2 Å². The van der Waals surface area contributed by atoms with E-state index in [-0.39, 0.29) is 17.2 Å². The highest BCUT2D eigenvalue weighted by molar-refractivity contribution is 9.10. The summed E-state index contributed by atoms with van der Waals surface area (Å²) < 4.78 is 6.34. The smallest absolute Gasteiger partial charge is 0.291 e. The first kappa shape index (κ1) is 21.2. The number of ketones is 1. The lowest BCUT2D eigenvalue weighted by Gasteiger charge is -2.10. The van der Waals surface area contributed by atoms with Gasteiger partial charge >= 0.3 is 0 Å². The highest BCUT2D eigenvalue weighted by Crippen LogP contribution is 2.27. The quantitative estimate of drug-likeness (QED) is 0.200. The fourth-order valence-electron chi connectivity index (χ4n) is 3.10. The van der Waals surface area contributed by atoms with Crippen LogP contribution in [-0.4, -0.2) is 16.6 Å². The van der Waals surface area contributed by atoms with Crippen molar-refractivity contribution < 1.29 is 18.9 Å². The minimum Gasteiger partial charge on any atom is -0.451 e. The molecule has 158 valence electrons. The standard InChI is InChI=1S/C24H15BrN2O5/c25-17-8-11-20(19(14-17)23(28)16-4-2-1-3-5-16)26-24(29)22-13-12-21(32-22)15-6-9-18(10-7-15)27(30)31/h1-14H,(H,26,29). The van der Waals surface area contributed by atoms with Crippen LogP contribution in [0.15, 0.2) is 93.8 Å². The van der Waals surface area contributed by atoms with Gasteiger partial charge in [-0.15, -0.1) is 0 Å². The van der Waals surface area contributed by atoms with Crippen LogP contribution in [0.2, 0.25) is 0 Å². The Morgan fingerprint density at radius 1 is 0.906 bits per heavy atom. The van der Waals surface area contributed by atoms with Crippen LogP contribution < -0.4 is 5.32 Å². The van der Waals surface area contributed by atoms with Gasteiger partial charge in [-0.3, -0.25) is 19.7 Å². The second-order valence-corrected chi connectivity index (χ2v) is 7.72. The summed E-state index contributed by atoms with van der Waals surface area (Å²) in [6, 6.07) is 22.7. The fraction of sp³-hybridized carbons (Fsp3) is 0. The van der Waals surface area contributed by atoms with E-state index in [4.69, 9.17) is 4.42 Å². The van der Waals surface area contributed by atoms with Gasteiger partial charge in [0.25, 0.3) is 11.6 Å². The van der Waals surface area contributed by atoms with Crippen LogP contribution in [0.4, 0.5) is 11.4 Å². The zero-order valence-electron chi connectivity index (χ0n) is 16.4. The van der Waals surface area contributed by atoms with Crippen molar-refractivity contribution in [1.29, 1.82) is 0 Å². The molecule has 0 unspecified atom stereocenters. The van der Waals surface area contributed by atoms with Crippen LogP contribution in [0.1, 0.15) is 26.5 Å². The number of carbonyl (C=O) groups is 2. The Labute approximate surface area is 191 Å². The Hall–Kier alpha value is -4.04. The van der Waals surface area contributed by atoms with E-state index >= 15 is 0 Å². The van der Waals surface area contributed by atoms with Gasteiger partial charge in [0, 0.05) is 33.3 Å². The number of anilines is 1. The number of furan rings is 1. The summed E-state index contributed by atoms with van der Waals surface area (Å²) >= 11 is 3.37. The maximum atomic E-state index is 13.0. The summed E-state index contributed by atoms with van der Waals surface area (Å²) in [5.74, 6) is -0.323. The van der Waals surface area contributed by atoms with Crippen LogP contribution in [0.3, 0.4) is 0 Å². The van der Waals surface area contributed by atoms with Crippen LogP contribution in [0.25, 0.3) is 11.3 Å². The van der Waals surface area contributed by atoms with Gasteiger partial charge in [0.1, 0.15) is 5.76 Å². The molecule has 4 aromatic rings. The molecule has 1 aromatic heterocycles. The number of halogens is 1. The number of hydrogen-bond donors (Lipinski definition) is 1. The van der Waals surface area contributed by atoms with E-state index < -0.39 is 10.8 Å². The molecule has 3 aromatic carbocycles. The molecule has 1 N–H and O–H groups in total. The van der Waals surface area contributed by atoms with Gasteiger partial charge in [-0.1, -0.05) is 46.3 Å². The van der Waals surface area contributed by atoms with Gasteiger partial charge in [0.05, 0.1) is 10.6 Å². The van der Waals surface area contributed by atoms with Crippen molar-refractivity contribution in [1.82, 2.24) is 0 Å². The third kappa shape index (κ3) is 4.50. The van der Waals surface area contributed by atoms with Crippen LogP contribution in [0.5, 0.6) is 0 Å². The fourth-order valence-corrected chi connectivity index (χ4v) is 3.47. The minimum absolute atomic E-state index is 0.0378. The molecule has 0 saturated heterocycles. The van der Waals surface area contributed by atoms with Crippen molar-refractivity contribution in [3.8, 4) is 11.3 Å². The maximum absolute atomic E-state index is 13.0. The number of nitro benzene ring substituents is 1. The molecule has 0 radical (unpaired) electrons. The zero-order chi connectivity index (χ0) is 22.7. The van der Waals surface area contributed by atoms with Gasteiger partial charge in [-0.2, -0.15) is 0 Å². The molecular formula is C24H15BrN2O5. The second-order valence-electron chi connectivity index (χ2n) is 6.81. The number of amides is 1. The molecule has 0 saturated carbocycles. The number of nitro groups is 1. The van der Waals surface area contributed by atoms with Gasteiger partial charge in [-0.25, -0.2) is 0 Å². The number of nitrogens with zero attached hydrogens (tertiary/aromatic N) is 1. The lowest BCUT2D eigenvalue weighted by molar-refractivity contribution is -0.384. The summed E-state index contributed by atoms with van der Waals surface area (Å²) in [6.07, 6.45) is 0. The van der Waals surface area contributed by atoms with Crippen molar-refractivity contribution >= 4 is 39.0 Å². The van der Waals surface area contributed by atoms with E-state index in [1.807, 2.05) is 6.07 Å². The van der Waals surface area contributed by atoms with Crippen molar-refractivity contribution in [3.05, 3.63) is 116 Å². The first-order chi connectivity index (χ1) is 15.4. The average Bonchev–Trinajstić information content (AvgIpc) is 3.31. The Morgan fingerprint density at radius 3 is 2.31 bits per heavy atom. The highest BCUT2D eigenvalue weighted by atomic mass is 79.9. The van der Waals surface area contributed by atoms with Gasteiger partial charge in [0.2, 0.25) is 0 Å². The number of non-ortho nitro benzene ring substituents is 1. The lowest BCUT2D eigenvalue weighted by atomic mass is 10.0. The van der Waals surface area contributed by atoms with E-state index in [0.29, 0.717) is 32.6 Å². The minimum atomic E-state index is -0.525. The summed E-state index contributed by atoms with van der Waals surface area (Å²) in [5, 5.41) is 13.5. The molecule has 7 nitrogen and oxygen atoms in total. The Morgan fingerprint density at radius 2 is 1.62 bits per heavy atom. The van der Waals surface area contributed by atoms with E-state index in [9.17, 15) is 19.7 Å². The van der Waals surface area contributed by atoms with Gasteiger partial charge < -0.3 is 9.73 Å². The van der Waals surface area contributed by atoms with Crippen molar-refractivity contribution in [2.24, 2.45) is 0 Å². The Balaban J connectivity index is 1.57. The molecule has 0 spiro atoms. The van der Waals surface area contributed by atoms with E-state index in [1.54, 1.807) is 60.7 Å². The van der Waals surface area contributed by atoms with Crippen molar-refractivity contribution in [2.45, 2.75) is 0 Å². The predicted octanol–water partition coefficient (Wildman–Crippen LogP) is 6.10. The number of benzene rings is 3. The Bertz CT molecular complexity index is 1310. The van der Waals surface area contributed by atoms with E-state index in [0.717, 1.165) is 0 Å². The lowest BCUT2D eigenvalue weighted by Crippen LogP contribution is -2.14. The second kappa shape index (κ2) is 8.99. The number of hydrogen-bond acceptors (Lipinski definition) is 5. The topological polar surface area (TPSA) is 102 Å². The van der Waals surface area contributed by atoms with Crippen LogP contribution in [0, 0.1) is 10.1 Å². The average molecular weight is 491 g/mol. The Kier molecular flexibility index (Phi) is 5.96. The first-order valence-corrected chi connectivity index (χ1v) is 10.3. The summed E-state index contributed by atoms with van der Waals surface area (Å²) in [7, 11) is 0. The summed E-state index contributed by atoms with van der Waals surface area (Å²) in [6.45, 7) is 0. The highest BCUT2D eigenvalue weighted by Gasteiger charge is 2.19. The SMILES string of the molecule is O=C(Nc1ccc(Br)cc1C(=O)c1ccccc1)c1ccc(-c2ccc([N+](=O)[O-])cc2)o1.